The Balaban J connectivity index is 2.69. The normalized spacial score (nSPS) is 19.8. The molecule has 0 aromatic heterocycles. The van der Waals surface area contributed by atoms with E-state index in [4.69, 9.17) is 11.6 Å². The summed E-state index contributed by atoms with van der Waals surface area (Å²) in [5.41, 5.74) is 0. The van der Waals surface area contributed by atoms with Gasteiger partial charge in [0.15, 0.2) is 0 Å². The Morgan fingerprint density at radius 3 is 2.75 bits per heavy atom. The summed E-state index contributed by atoms with van der Waals surface area (Å²) >= 11 is 5.44. The van der Waals surface area contributed by atoms with Crippen LogP contribution in [0.15, 0.2) is 23.0 Å². The molecule has 0 fully saturated rings. The third kappa shape index (κ3) is 1.34. The zero-order valence-corrected chi connectivity index (χ0v) is 4.95. The van der Waals surface area contributed by atoms with Gasteiger partial charge in [0.25, 0.3) is 0 Å². The van der Waals surface area contributed by atoms with Crippen molar-refractivity contribution in [1.29, 1.82) is 0 Å². The van der Waals surface area contributed by atoms with Crippen molar-refractivity contribution in [3.8, 4) is 0 Å². The van der Waals surface area contributed by atoms with Crippen LogP contribution in [0, 0.1) is 6.42 Å². The number of hydrogen-bond acceptors (Lipinski definition) is 0. The summed E-state index contributed by atoms with van der Waals surface area (Å²) in [6.07, 6.45) is 5.14. The predicted molar refractivity (Wildman–Crippen MR) is 32.0 cm³/mol. The molecule has 1 rings (SSSR count). The van der Waals surface area contributed by atoms with Crippen LogP contribution < -0.4 is 0 Å². The second kappa shape index (κ2) is 2.31. The van der Waals surface area contributed by atoms with E-state index in [-0.39, 0.29) is 5.83 Å². The van der Waals surface area contributed by atoms with Crippen molar-refractivity contribution >= 4 is 11.6 Å². The number of rotatable bonds is 0. The minimum Gasteiger partial charge on any atom is -0.207 e. The molecule has 8 heavy (non-hydrogen) atoms. The maximum absolute atomic E-state index is 12.1. The average Bonchev–Trinajstić information content (AvgIpc) is 1.64. The van der Waals surface area contributed by atoms with E-state index in [1.54, 1.807) is 6.42 Å². The molecule has 0 aromatic rings. The maximum atomic E-state index is 12.1. The summed E-state index contributed by atoms with van der Waals surface area (Å²) in [6, 6.07) is 0. The second-order valence-electron chi connectivity index (χ2n) is 1.56. The van der Waals surface area contributed by atoms with Gasteiger partial charge in [0.2, 0.25) is 0 Å². The third-order valence-corrected chi connectivity index (χ3v) is 1.16. The maximum Gasteiger partial charge on any atom is 0.120 e. The molecule has 0 nitrogen and oxygen atoms in total. The molecule has 0 unspecified atom stereocenters. The molecule has 0 amide bonds. The third-order valence-electron chi connectivity index (χ3n) is 0.901. The standard InChI is InChI=1S/C6H5ClF/c7-5-2-1-3-6(8)4-5/h2-4H,1H2. The molecule has 0 aliphatic heterocycles. The fourth-order valence-corrected chi connectivity index (χ4v) is 0.727. The van der Waals surface area contributed by atoms with Gasteiger partial charge in [-0.3, -0.25) is 0 Å². The summed E-state index contributed by atoms with van der Waals surface area (Å²) in [5, 5.41) is 0.491. The highest BCUT2D eigenvalue weighted by molar-refractivity contribution is 6.31. The van der Waals surface area contributed by atoms with Crippen LogP contribution in [-0.2, 0) is 0 Å². The Bertz CT molecular complexity index is 147. The molecule has 0 saturated heterocycles. The van der Waals surface area contributed by atoms with Crippen LogP contribution in [-0.4, -0.2) is 0 Å². The number of hydrogen-bond donors (Lipinski definition) is 0. The van der Waals surface area contributed by atoms with E-state index in [1.165, 1.54) is 12.2 Å². The minimum atomic E-state index is -0.238. The molecular weight excluding hydrogens is 127 g/mol. The summed E-state index contributed by atoms with van der Waals surface area (Å²) in [6.45, 7) is 0. The van der Waals surface area contributed by atoms with Crippen LogP contribution in [0.5, 0.6) is 0 Å². The van der Waals surface area contributed by atoms with Crippen molar-refractivity contribution in [2.75, 3.05) is 0 Å². The Kier molecular flexibility index (Phi) is 1.69. The van der Waals surface area contributed by atoms with E-state index in [1.807, 2.05) is 0 Å². The number of halogens is 2. The molecule has 1 radical (unpaired) electrons. The molecule has 1 aliphatic carbocycles. The quantitative estimate of drug-likeness (QED) is 0.474. The summed E-state index contributed by atoms with van der Waals surface area (Å²) < 4.78 is 12.1. The van der Waals surface area contributed by atoms with Crippen LogP contribution in [0.1, 0.15) is 6.42 Å². The van der Waals surface area contributed by atoms with Gasteiger partial charge < -0.3 is 0 Å². The Hall–Kier alpha value is -0.300. The SMILES string of the molecule is FC1=CC[CH]C(Cl)=C1. The minimum absolute atomic E-state index is 0.238. The van der Waals surface area contributed by atoms with Crippen molar-refractivity contribution in [2.45, 2.75) is 6.42 Å². The van der Waals surface area contributed by atoms with E-state index in [0.29, 0.717) is 11.5 Å². The van der Waals surface area contributed by atoms with Gasteiger partial charge in [-0.2, -0.15) is 0 Å². The molecule has 0 N–H and O–H groups in total. The first-order valence-corrected chi connectivity index (χ1v) is 2.73. The summed E-state index contributed by atoms with van der Waals surface area (Å²) in [4.78, 5) is 0. The predicted octanol–water partition coefficient (Wildman–Crippen LogP) is 2.57. The lowest BCUT2D eigenvalue weighted by molar-refractivity contribution is 0.658. The van der Waals surface area contributed by atoms with E-state index >= 15 is 0 Å². The van der Waals surface area contributed by atoms with Gasteiger partial charge in [0, 0.05) is 11.5 Å². The molecule has 0 aromatic carbocycles. The molecule has 1 aliphatic rings. The second-order valence-corrected chi connectivity index (χ2v) is 1.99. The summed E-state index contributed by atoms with van der Waals surface area (Å²) in [7, 11) is 0. The highest BCUT2D eigenvalue weighted by atomic mass is 35.5. The lowest BCUT2D eigenvalue weighted by atomic mass is 10.2. The lowest BCUT2D eigenvalue weighted by Gasteiger charge is -1.99. The molecule has 0 bridgehead atoms. The van der Waals surface area contributed by atoms with E-state index in [2.05, 4.69) is 0 Å². The van der Waals surface area contributed by atoms with Crippen molar-refractivity contribution in [2.24, 2.45) is 0 Å². The van der Waals surface area contributed by atoms with Gasteiger partial charge >= 0.3 is 0 Å². The molecular formula is C6H5ClF. The van der Waals surface area contributed by atoms with Crippen LogP contribution in [0.4, 0.5) is 4.39 Å². The van der Waals surface area contributed by atoms with Gasteiger partial charge in [-0.1, -0.05) is 11.6 Å². The first-order valence-electron chi connectivity index (χ1n) is 2.35. The number of allylic oxidation sites excluding steroid dienone is 4. The van der Waals surface area contributed by atoms with Crippen molar-refractivity contribution in [3.05, 3.63) is 29.4 Å². The Morgan fingerprint density at radius 2 is 2.38 bits per heavy atom. The van der Waals surface area contributed by atoms with Crippen LogP contribution in [0.2, 0.25) is 0 Å². The first kappa shape index (κ1) is 5.83. The van der Waals surface area contributed by atoms with E-state index < -0.39 is 0 Å². The van der Waals surface area contributed by atoms with Gasteiger partial charge in [-0.05, 0) is 18.6 Å². The first-order chi connectivity index (χ1) is 3.79. The van der Waals surface area contributed by atoms with Crippen molar-refractivity contribution < 1.29 is 4.39 Å². The molecule has 0 heterocycles. The molecule has 43 valence electrons. The van der Waals surface area contributed by atoms with Crippen LogP contribution in [0.25, 0.3) is 0 Å². The van der Waals surface area contributed by atoms with Gasteiger partial charge in [-0.25, -0.2) is 4.39 Å². The molecule has 2 heteroatoms. The zero-order chi connectivity index (χ0) is 5.98. The molecule has 0 atom stereocenters. The van der Waals surface area contributed by atoms with E-state index in [0.717, 1.165) is 0 Å². The van der Waals surface area contributed by atoms with Gasteiger partial charge in [0.1, 0.15) is 5.83 Å². The monoisotopic (exact) mass is 131 g/mol. The smallest absolute Gasteiger partial charge is 0.120 e. The molecule has 0 spiro atoms. The van der Waals surface area contributed by atoms with Crippen molar-refractivity contribution in [1.82, 2.24) is 0 Å². The lowest BCUT2D eigenvalue weighted by Crippen LogP contribution is -1.82. The van der Waals surface area contributed by atoms with E-state index in [9.17, 15) is 4.39 Å². The largest absolute Gasteiger partial charge is 0.207 e. The summed E-state index contributed by atoms with van der Waals surface area (Å²) in [5.74, 6) is -0.238. The highest BCUT2D eigenvalue weighted by Crippen LogP contribution is 2.19. The molecule has 0 saturated carbocycles. The van der Waals surface area contributed by atoms with Gasteiger partial charge in [0.05, 0.1) is 0 Å². The fourth-order valence-electron chi connectivity index (χ4n) is 0.534. The average molecular weight is 132 g/mol. The van der Waals surface area contributed by atoms with Crippen LogP contribution in [0.3, 0.4) is 0 Å². The Morgan fingerprint density at radius 1 is 1.62 bits per heavy atom. The Labute approximate surface area is 52.6 Å². The zero-order valence-electron chi connectivity index (χ0n) is 4.20. The van der Waals surface area contributed by atoms with Gasteiger partial charge in [-0.15, -0.1) is 0 Å². The van der Waals surface area contributed by atoms with Crippen molar-refractivity contribution in [3.63, 3.8) is 0 Å². The van der Waals surface area contributed by atoms with Crippen LogP contribution >= 0.6 is 11.6 Å². The topological polar surface area (TPSA) is 0 Å². The highest BCUT2D eigenvalue weighted by Gasteiger charge is 2.00. The fraction of sp³-hybridized carbons (Fsp3) is 0.167.